The lowest BCUT2D eigenvalue weighted by Gasteiger charge is -1.99. The summed E-state index contributed by atoms with van der Waals surface area (Å²) < 4.78 is 0. The molecule has 0 aliphatic rings. The summed E-state index contributed by atoms with van der Waals surface area (Å²) in [6.07, 6.45) is 3.09. The number of nitrogens with one attached hydrogen (secondary N) is 1. The number of halogens is 1. The van der Waals surface area contributed by atoms with Gasteiger partial charge in [-0.1, -0.05) is 23.6 Å². The standard InChI is InChI=1S/C14H10ClN3O/c15-11-6-7-13(18-10-11)14(19)17-9-3-5-12-4-1-2-8-16-12/h1-2,4,6-8,10H,9H2,(H,17,19). The Labute approximate surface area is 115 Å². The number of nitrogens with zero attached hydrogens (tertiary/aromatic N) is 2. The molecule has 0 saturated heterocycles. The van der Waals surface area contributed by atoms with Crippen molar-refractivity contribution in [3.05, 3.63) is 59.1 Å². The number of hydrogen-bond donors (Lipinski definition) is 1. The van der Waals surface area contributed by atoms with Crippen molar-refractivity contribution in [1.82, 2.24) is 15.3 Å². The van der Waals surface area contributed by atoms with E-state index < -0.39 is 0 Å². The van der Waals surface area contributed by atoms with Gasteiger partial charge >= 0.3 is 0 Å². The topological polar surface area (TPSA) is 54.9 Å². The highest BCUT2D eigenvalue weighted by molar-refractivity contribution is 6.30. The van der Waals surface area contributed by atoms with E-state index in [1.165, 1.54) is 6.20 Å². The van der Waals surface area contributed by atoms with Crippen molar-refractivity contribution < 1.29 is 4.79 Å². The van der Waals surface area contributed by atoms with Crippen molar-refractivity contribution in [2.24, 2.45) is 0 Å². The molecule has 2 rings (SSSR count). The smallest absolute Gasteiger partial charge is 0.270 e. The lowest BCUT2D eigenvalue weighted by atomic mass is 10.3. The Balaban J connectivity index is 1.88. The van der Waals surface area contributed by atoms with Gasteiger partial charge < -0.3 is 5.32 Å². The Morgan fingerprint density at radius 2 is 2.16 bits per heavy atom. The van der Waals surface area contributed by atoms with E-state index in [1.54, 1.807) is 24.4 Å². The molecule has 1 amide bonds. The van der Waals surface area contributed by atoms with Crippen LogP contribution < -0.4 is 5.32 Å². The number of carbonyl (C=O) groups excluding carboxylic acids is 1. The van der Waals surface area contributed by atoms with Crippen molar-refractivity contribution in [2.45, 2.75) is 0 Å². The van der Waals surface area contributed by atoms with Gasteiger partial charge in [-0.2, -0.15) is 0 Å². The highest BCUT2D eigenvalue weighted by Gasteiger charge is 2.04. The van der Waals surface area contributed by atoms with Crippen LogP contribution in [0.1, 0.15) is 16.2 Å². The molecule has 0 bridgehead atoms. The van der Waals surface area contributed by atoms with Gasteiger partial charge in [-0.15, -0.1) is 0 Å². The maximum atomic E-state index is 11.7. The summed E-state index contributed by atoms with van der Waals surface area (Å²) in [6.45, 7) is 0.236. The Bertz CT molecular complexity index is 615. The van der Waals surface area contributed by atoms with Gasteiger partial charge in [-0.05, 0) is 30.2 Å². The van der Waals surface area contributed by atoms with Crippen molar-refractivity contribution in [3.63, 3.8) is 0 Å². The van der Waals surface area contributed by atoms with E-state index in [9.17, 15) is 4.79 Å². The molecule has 0 fully saturated rings. The number of rotatable bonds is 2. The molecule has 0 aliphatic carbocycles. The van der Waals surface area contributed by atoms with Crippen LogP contribution in [0.3, 0.4) is 0 Å². The minimum absolute atomic E-state index is 0.236. The predicted molar refractivity (Wildman–Crippen MR) is 72.7 cm³/mol. The van der Waals surface area contributed by atoms with Crippen molar-refractivity contribution >= 4 is 17.5 Å². The van der Waals surface area contributed by atoms with Gasteiger partial charge in [0.2, 0.25) is 0 Å². The average Bonchev–Trinajstić information content (AvgIpc) is 2.45. The SMILES string of the molecule is O=C(NCC#Cc1ccccn1)c1ccc(Cl)cn1. The average molecular weight is 272 g/mol. The quantitative estimate of drug-likeness (QED) is 0.849. The second-order valence-corrected chi connectivity index (χ2v) is 4.00. The molecule has 0 radical (unpaired) electrons. The monoisotopic (exact) mass is 271 g/mol. The first-order chi connectivity index (χ1) is 9.25. The van der Waals surface area contributed by atoms with E-state index in [0.29, 0.717) is 16.4 Å². The molecule has 0 atom stereocenters. The van der Waals surface area contributed by atoms with E-state index in [-0.39, 0.29) is 12.5 Å². The molecule has 0 aromatic carbocycles. The van der Waals surface area contributed by atoms with Gasteiger partial charge in [-0.25, -0.2) is 9.97 Å². The lowest BCUT2D eigenvalue weighted by molar-refractivity contribution is 0.0954. The minimum atomic E-state index is -0.285. The summed E-state index contributed by atoms with van der Waals surface area (Å²) in [5, 5.41) is 3.13. The second kappa shape index (κ2) is 6.53. The Morgan fingerprint density at radius 1 is 1.26 bits per heavy atom. The summed E-state index contributed by atoms with van der Waals surface area (Å²) in [6, 6.07) is 8.65. The predicted octanol–water partition coefficient (Wildman–Crippen LogP) is 1.91. The second-order valence-electron chi connectivity index (χ2n) is 3.56. The Kier molecular flexibility index (Phi) is 4.49. The third kappa shape index (κ3) is 4.09. The molecule has 0 aliphatic heterocycles. The zero-order valence-electron chi connectivity index (χ0n) is 9.93. The molecule has 1 N–H and O–H groups in total. The summed E-state index contributed by atoms with van der Waals surface area (Å²) >= 11 is 5.69. The number of amides is 1. The molecule has 2 heterocycles. The zero-order chi connectivity index (χ0) is 13.5. The zero-order valence-corrected chi connectivity index (χ0v) is 10.7. The molecule has 94 valence electrons. The van der Waals surface area contributed by atoms with Gasteiger partial charge in [0.25, 0.3) is 5.91 Å². The number of hydrogen-bond acceptors (Lipinski definition) is 3. The summed E-state index contributed by atoms with van der Waals surface area (Å²) in [5.41, 5.74) is 0.977. The number of pyridine rings is 2. The minimum Gasteiger partial charge on any atom is -0.340 e. The molecule has 0 saturated carbocycles. The fourth-order valence-electron chi connectivity index (χ4n) is 1.30. The fraction of sp³-hybridized carbons (Fsp3) is 0.0714. The van der Waals surface area contributed by atoms with E-state index >= 15 is 0 Å². The molecular weight excluding hydrogens is 262 g/mol. The van der Waals surface area contributed by atoms with Gasteiger partial charge in [0.05, 0.1) is 11.6 Å². The molecule has 4 nitrogen and oxygen atoms in total. The molecule has 2 aromatic rings. The van der Waals surface area contributed by atoms with E-state index in [4.69, 9.17) is 11.6 Å². The Morgan fingerprint density at radius 3 is 2.84 bits per heavy atom. The summed E-state index contributed by atoms with van der Waals surface area (Å²) in [7, 11) is 0. The largest absolute Gasteiger partial charge is 0.340 e. The van der Waals surface area contributed by atoms with Crippen LogP contribution >= 0.6 is 11.6 Å². The van der Waals surface area contributed by atoms with Crippen molar-refractivity contribution in [2.75, 3.05) is 6.54 Å². The van der Waals surface area contributed by atoms with Crippen LogP contribution in [0.15, 0.2) is 42.7 Å². The van der Waals surface area contributed by atoms with Crippen LogP contribution in [0, 0.1) is 11.8 Å². The van der Waals surface area contributed by atoms with Crippen LogP contribution in [0.25, 0.3) is 0 Å². The highest BCUT2D eigenvalue weighted by Crippen LogP contribution is 2.05. The van der Waals surface area contributed by atoms with Crippen molar-refractivity contribution in [1.29, 1.82) is 0 Å². The van der Waals surface area contributed by atoms with Gasteiger partial charge in [0.15, 0.2) is 0 Å². The van der Waals surface area contributed by atoms with Crippen LogP contribution in [0.4, 0.5) is 0 Å². The first-order valence-electron chi connectivity index (χ1n) is 5.55. The van der Waals surface area contributed by atoms with Crippen molar-refractivity contribution in [3.8, 4) is 11.8 Å². The lowest BCUT2D eigenvalue weighted by Crippen LogP contribution is -2.24. The van der Waals surface area contributed by atoms with Gasteiger partial charge in [-0.3, -0.25) is 4.79 Å². The molecule has 19 heavy (non-hydrogen) atoms. The summed E-state index contributed by atoms with van der Waals surface area (Å²) in [4.78, 5) is 19.6. The normalized spacial score (nSPS) is 9.32. The van der Waals surface area contributed by atoms with E-state index in [1.807, 2.05) is 12.1 Å². The van der Waals surface area contributed by atoms with E-state index in [0.717, 1.165) is 0 Å². The molecule has 2 aromatic heterocycles. The first kappa shape index (κ1) is 13.1. The molecule has 0 spiro atoms. The molecular formula is C14H10ClN3O. The molecule has 5 heteroatoms. The number of aromatic nitrogens is 2. The molecule has 0 unspecified atom stereocenters. The van der Waals surface area contributed by atoms with Crippen LogP contribution in [0.2, 0.25) is 5.02 Å². The third-order valence-electron chi connectivity index (χ3n) is 2.18. The Hall–Kier alpha value is -2.38. The summed E-state index contributed by atoms with van der Waals surface area (Å²) in [5.74, 6) is 5.37. The highest BCUT2D eigenvalue weighted by atomic mass is 35.5. The van der Waals surface area contributed by atoms with Crippen LogP contribution in [-0.2, 0) is 0 Å². The van der Waals surface area contributed by atoms with Gasteiger partial charge in [0.1, 0.15) is 11.4 Å². The van der Waals surface area contributed by atoms with Gasteiger partial charge in [0, 0.05) is 12.4 Å². The van der Waals surface area contributed by atoms with Crippen LogP contribution in [-0.4, -0.2) is 22.4 Å². The first-order valence-corrected chi connectivity index (χ1v) is 5.93. The maximum Gasteiger partial charge on any atom is 0.270 e. The fourth-order valence-corrected chi connectivity index (χ4v) is 1.41. The third-order valence-corrected chi connectivity index (χ3v) is 2.40. The number of carbonyl (C=O) groups is 1. The maximum absolute atomic E-state index is 11.7. The van der Waals surface area contributed by atoms with E-state index in [2.05, 4.69) is 27.1 Å². The van der Waals surface area contributed by atoms with Crippen LogP contribution in [0.5, 0.6) is 0 Å².